The van der Waals surface area contributed by atoms with Crippen molar-refractivity contribution in [2.75, 3.05) is 19.7 Å². The summed E-state index contributed by atoms with van der Waals surface area (Å²) in [5, 5.41) is 11.2. The molecule has 4 heterocycles. The molecule has 1 fully saturated rings. The van der Waals surface area contributed by atoms with Gasteiger partial charge in [-0.3, -0.25) is 14.4 Å². The zero-order valence-electron chi connectivity index (χ0n) is 19.6. The molecule has 11 heteroatoms. The van der Waals surface area contributed by atoms with E-state index in [1.807, 2.05) is 6.07 Å². The first-order valence-corrected chi connectivity index (χ1v) is 11.8. The molecule has 186 valence electrons. The van der Waals surface area contributed by atoms with E-state index >= 15 is 0 Å². The third kappa shape index (κ3) is 5.41. The van der Waals surface area contributed by atoms with Crippen LogP contribution in [0.15, 0.2) is 54.9 Å². The molecule has 0 unspecified atom stereocenters. The summed E-state index contributed by atoms with van der Waals surface area (Å²) in [7, 11) is 0. The van der Waals surface area contributed by atoms with Crippen LogP contribution in [0.2, 0.25) is 0 Å². The number of benzene rings is 1. The minimum absolute atomic E-state index is 0.0771. The Labute approximate surface area is 207 Å². The molecule has 2 aliphatic rings. The molecule has 2 atom stereocenters. The van der Waals surface area contributed by atoms with Gasteiger partial charge >= 0.3 is 0 Å². The number of hydrogen-bond donors (Lipinski definition) is 1. The van der Waals surface area contributed by atoms with Crippen molar-refractivity contribution in [1.29, 1.82) is 0 Å². The lowest BCUT2D eigenvalue weighted by molar-refractivity contribution is -0.130. The van der Waals surface area contributed by atoms with E-state index in [9.17, 15) is 14.4 Å². The number of ether oxygens (including phenoxy) is 2. The zero-order valence-corrected chi connectivity index (χ0v) is 19.6. The summed E-state index contributed by atoms with van der Waals surface area (Å²) < 4.78 is 13.5. The molecule has 2 aromatic heterocycles. The van der Waals surface area contributed by atoms with Gasteiger partial charge in [0.05, 0.1) is 31.5 Å². The molecule has 0 spiro atoms. The van der Waals surface area contributed by atoms with Gasteiger partial charge in [0.2, 0.25) is 5.91 Å². The number of aromatic nitrogens is 4. The molecule has 3 aromatic rings. The number of pyridine rings is 1. The van der Waals surface area contributed by atoms with Crippen LogP contribution in [0.4, 0.5) is 0 Å². The summed E-state index contributed by atoms with van der Waals surface area (Å²) >= 11 is 0. The van der Waals surface area contributed by atoms with Gasteiger partial charge in [-0.15, -0.1) is 5.10 Å². The van der Waals surface area contributed by atoms with Gasteiger partial charge in [-0.25, -0.2) is 9.67 Å². The highest BCUT2D eigenvalue weighted by molar-refractivity contribution is 5.98. The Morgan fingerprint density at radius 1 is 1.08 bits per heavy atom. The van der Waals surface area contributed by atoms with Crippen molar-refractivity contribution in [2.24, 2.45) is 0 Å². The number of nitrogens with zero attached hydrogens (tertiary/aromatic N) is 5. The number of likely N-dealkylation sites (tertiary alicyclic amines) is 1. The second-order valence-corrected chi connectivity index (χ2v) is 8.69. The number of amides is 2. The molecule has 2 aliphatic heterocycles. The number of hydrogen-bond acceptors (Lipinski definition) is 8. The highest BCUT2D eigenvalue weighted by Gasteiger charge is 2.37. The number of rotatable bonds is 4. The van der Waals surface area contributed by atoms with Crippen LogP contribution < -0.4 is 10.1 Å². The standard InChI is InChI=1S/C25H26N6O5/c32-20(17-5-2-1-3-6-17)8-9-23(33)30-14-19-22(15-30)36-16-18-13-31(29-28-18)11-12-35-21-7-4-10-26-24(21)25(34)27-19/h1-7,10,13,19,22H,8-9,11-12,14-16H2,(H,27,34)/t19-,22-/m0/s1. The lowest BCUT2D eigenvalue weighted by atomic mass is 10.1. The van der Waals surface area contributed by atoms with Gasteiger partial charge in [0, 0.05) is 37.7 Å². The lowest BCUT2D eigenvalue weighted by Gasteiger charge is -2.20. The molecule has 1 saturated heterocycles. The molecule has 2 bridgehead atoms. The Morgan fingerprint density at radius 2 is 1.94 bits per heavy atom. The second-order valence-electron chi connectivity index (χ2n) is 8.69. The molecule has 11 nitrogen and oxygen atoms in total. The SMILES string of the molecule is O=C(CCC(=O)N1C[C@@H]2NC(=O)c3ncccc3OCCn3cc(nn3)CO[C@H]2C1)c1ccccc1. The third-order valence-electron chi connectivity index (χ3n) is 6.19. The highest BCUT2D eigenvalue weighted by Crippen LogP contribution is 2.21. The van der Waals surface area contributed by atoms with E-state index < -0.39 is 18.1 Å². The zero-order chi connectivity index (χ0) is 24.9. The predicted octanol–water partition coefficient (Wildman–Crippen LogP) is 1.25. The fraction of sp³-hybridized carbons (Fsp3) is 0.360. The first-order chi connectivity index (χ1) is 17.6. The van der Waals surface area contributed by atoms with Gasteiger partial charge in [-0.05, 0) is 12.1 Å². The molecule has 5 rings (SSSR count). The van der Waals surface area contributed by atoms with Crippen LogP contribution >= 0.6 is 0 Å². The molecule has 2 amide bonds. The number of ketones is 1. The maximum absolute atomic E-state index is 13.1. The van der Waals surface area contributed by atoms with Crippen LogP contribution in [0.3, 0.4) is 0 Å². The van der Waals surface area contributed by atoms with E-state index in [1.54, 1.807) is 52.2 Å². The largest absolute Gasteiger partial charge is 0.489 e. The minimum Gasteiger partial charge on any atom is -0.489 e. The number of carbonyl (C=O) groups excluding carboxylic acids is 3. The Hall–Kier alpha value is -4.12. The van der Waals surface area contributed by atoms with Crippen molar-refractivity contribution in [1.82, 2.24) is 30.2 Å². The predicted molar refractivity (Wildman–Crippen MR) is 126 cm³/mol. The van der Waals surface area contributed by atoms with E-state index in [2.05, 4.69) is 20.6 Å². The van der Waals surface area contributed by atoms with Crippen LogP contribution in [0, 0.1) is 0 Å². The fourth-order valence-electron chi connectivity index (χ4n) is 4.30. The monoisotopic (exact) mass is 490 g/mol. The molecule has 1 N–H and O–H groups in total. The van der Waals surface area contributed by atoms with Crippen molar-refractivity contribution in [3.8, 4) is 5.75 Å². The number of Topliss-reactive ketones (excluding diaryl/α,β-unsaturated/α-hetero) is 1. The molecular formula is C25H26N6O5. The van der Waals surface area contributed by atoms with Gasteiger partial charge in [-0.2, -0.15) is 0 Å². The summed E-state index contributed by atoms with van der Waals surface area (Å²) in [5.74, 6) is -0.311. The van der Waals surface area contributed by atoms with E-state index in [-0.39, 0.29) is 56.5 Å². The maximum atomic E-state index is 13.1. The first kappa shape index (κ1) is 23.6. The third-order valence-corrected chi connectivity index (χ3v) is 6.19. The average Bonchev–Trinajstić information content (AvgIpc) is 3.53. The van der Waals surface area contributed by atoms with E-state index in [0.29, 0.717) is 23.6 Å². The average molecular weight is 491 g/mol. The summed E-state index contributed by atoms with van der Waals surface area (Å²) in [5.41, 5.74) is 1.38. The lowest BCUT2D eigenvalue weighted by Crippen LogP contribution is -2.44. The molecule has 0 aliphatic carbocycles. The van der Waals surface area contributed by atoms with E-state index in [0.717, 1.165) is 0 Å². The van der Waals surface area contributed by atoms with Crippen molar-refractivity contribution in [3.05, 3.63) is 71.8 Å². The van der Waals surface area contributed by atoms with Gasteiger partial charge in [0.15, 0.2) is 17.2 Å². The highest BCUT2D eigenvalue weighted by atomic mass is 16.5. The van der Waals surface area contributed by atoms with E-state index in [4.69, 9.17) is 9.47 Å². The molecule has 0 radical (unpaired) electrons. The number of fused-ring (bicyclic) bond motifs is 4. The summed E-state index contributed by atoms with van der Waals surface area (Å²) in [6.45, 7) is 1.44. The Bertz CT molecular complexity index is 1250. The Balaban J connectivity index is 1.30. The van der Waals surface area contributed by atoms with Crippen molar-refractivity contribution >= 4 is 17.6 Å². The molecule has 36 heavy (non-hydrogen) atoms. The maximum Gasteiger partial charge on any atom is 0.274 e. The minimum atomic E-state index is -0.473. The molecule has 0 saturated carbocycles. The Morgan fingerprint density at radius 3 is 2.81 bits per heavy atom. The molecular weight excluding hydrogens is 464 g/mol. The fourth-order valence-corrected chi connectivity index (χ4v) is 4.30. The smallest absolute Gasteiger partial charge is 0.274 e. The van der Waals surface area contributed by atoms with Gasteiger partial charge in [0.25, 0.3) is 5.91 Å². The normalized spacial score (nSPS) is 19.9. The first-order valence-electron chi connectivity index (χ1n) is 11.8. The van der Waals surface area contributed by atoms with Crippen molar-refractivity contribution in [3.63, 3.8) is 0 Å². The second kappa shape index (κ2) is 10.6. The topological polar surface area (TPSA) is 129 Å². The van der Waals surface area contributed by atoms with Gasteiger partial charge < -0.3 is 19.7 Å². The number of nitrogens with one attached hydrogen (secondary N) is 1. The van der Waals surface area contributed by atoms with Gasteiger partial charge in [0.1, 0.15) is 12.3 Å². The quantitative estimate of drug-likeness (QED) is 0.541. The van der Waals surface area contributed by atoms with Crippen LogP contribution in [0.1, 0.15) is 39.4 Å². The summed E-state index contributed by atoms with van der Waals surface area (Å²) in [4.78, 5) is 44.3. The Kier molecular flexibility index (Phi) is 6.99. The summed E-state index contributed by atoms with van der Waals surface area (Å²) in [6, 6.07) is 11.8. The van der Waals surface area contributed by atoms with Gasteiger partial charge in [-0.1, -0.05) is 35.5 Å². The van der Waals surface area contributed by atoms with E-state index in [1.165, 1.54) is 6.20 Å². The summed E-state index contributed by atoms with van der Waals surface area (Å²) in [6.07, 6.45) is 3.02. The van der Waals surface area contributed by atoms with Crippen LogP contribution in [-0.4, -0.2) is 74.3 Å². The number of carbonyl (C=O) groups is 3. The van der Waals surface area contributed by atoms with Crippen LogP contribution in [-0.2, 0) is 22.7 Å². The van der Waals surface area contributed by atoms with Crippen molar-refractivity contribution in [2.45, 2.75) is 38.1 Å². The van der Waals surface area contributed by atoms with Crippen LogP contribution in [0.25, 0.3) is 0 Å². The van der Waals surface area contributed by atoms with Crippen molar-refractivity contribution < 1.29 is 23.9 Å². The van der Waals surface area contributed by atoms with Crippen LogP contribution in [0.5, 0.6) is 5.75 Å². The molecule has 1 aromatic carbocycles.